The number of hydrogen-bond acceptors (Lipinski definition) is 2. The van der Waals surface area contributed by atoms with Crippen LogP contribution < -0.4 is 5.32 Å². The van der Waals surface area contributed by atoms with Gasteiger partial charge in [-0.15, -0.1) is 0 Å². The molecule has 1 aliphatic heterocycles. The Morgan fingerprint density at radius 2 is 1.84 bits per heavy atom. The van der Waals surface area contributed by atoms with Crippen LogP contribution in [0.5, 0.6) is 0 Å². The molecule has 4 rings (SSSR count). The number of aromatic amines is 1. The summed E-state index contributed by atoms with van der Waals surface area (Å²) < 4.78 is 18.8. The Balaban J connectivity index is 1.65. The number of carbonyl (C=O) groups excluding carboxylic acids is 1. The number of halogens is 1. The highest BCUT2D eigenvalue weighted by atomic mass is 19.1. The summed E-state index contributed by atoms with van der Waals surface area (Å²) in [5.41, 5.74) is 1.90. The van der Waals surface area contributed by atoms with E-state index >= 15 is 0 Å². The van der Waals surface area contributed by atoms with E-state index in [4.69, 9.17) is 4.74 Å². The van der Waals surface area contributed by atoms with Gasteiger partial charge in [-0.1, -0.05) is 18.2 Å². The first-order valence-electron chi connectivity index (χ1n) is 8.40. The molecule has 1 aromatic heterocycles. The number of amides is 1. The Labute approximate surface area is 145 Å². The lowest BCUT2D eigenvalue weighted by molar-refractivity contribution is 0.0345. The Hall–Kier alpha value is -2.66. The minimum atomic E-state index is -0.534. The third kappa shape index (κ3) is 3.03. The number of H-pyrrole nitrogens is 1. The monoisotopic (exact) mass is 338 g/mol. The standard InChI is InChI=1S/C20H19FN2O2/c21-17-5-3-16(4-6-17)20(8-11-25-12-9-20)23-19(24)15-2-1-14-7-10-22-18(14)13-15/h1-7,10,13,22H,8-9,11-12H2,(H,23,24). The van der Waals surface area contributed by atoms with Crippen LogP contribution in [0.2, 0.25) is 0 Å². The summed E-state index contributed by atoms with van der Waals surface area (Å²) in [6.45, 7) is 1.13. The molecule has 1 saturated heterocycles. The minimum absolute atomic E-state index is 0.136. The maximum absolute atomic E-state index is 13.3. The predicted octanol–water partition coefficient (Wildman–Crippen LogP) is 3.74. The van der Waals surface area contributed by atoms with Gasteiger partial charge in [-0.25, -0.2) is 4.39 Å². The predicted molar refractivity (Wildman–Crippen MR) is 93.9 cm³/mol. The molecule has 25 heavy (non-hydrogen) atoms. The smallest absolute Gasteiger partial charge is 0.252 e. The van der Waals surface area contributed by atoms with Crippen molar-refractivity contribution in [3.63, 3.8) is 0 Å². The fourth-order valence-electron chi connectivity index (χ4n) is 3.45. The highest BCUT2D eigenvalue weighted by Crippen LogP contribution is 2.33. The molecule has 2 heterocycles. The quantitative estimate of drug-likeness (QED) is 0.764. The molecule has 0 aliphatic carbocycles. The molecule has 0 atom stereocenters. The Kier molecular flexibility index (Phi) is 4.01. The highest BCUT2D eigenvalue weighted by Gasteiger charge is 2.36. The molecule has 0 saturated carbocycles. The molecule has 0 unspecified atom stereocenters. The maximum atomic E-state index is 13.3. The van der Waals surface area contributed by atoms with Crippen LogP contribution in [0.15, 0.2) is 54.7 Å². The second kappa shape index (κ2) is 6.33. The molecule has 128 valence electrons. The van der Waals surface area contributed by atoms with Crippen molar-refractivity contribution < 1.29 is 13.9 Å². The van der Waals surface area contributed by atoms with Crippen LogP contribution >= 0.6 is 0 Å². The molecule has 1 fully saturated rings. The Morgan fingerprint density at radius 3 is 2.60 bits per heavy atom. The number of hydrogen-bond donors (Lipinski definition) is 2. The van der Waals surface area contributed by atoms with E-state index in [0.717, 1.165) is 16.5 Å². The zero-order valence-corrected chi connectivity index (χ0v) is 13.7. The van der Waals surface area contributed by atoms with E-state index in [2.05, 4.69) is 10.3 Å². The Bertz CT molecular complexity index is 895. The van der Waals surface area contributed by atoms with Crippen molar-refractivity contribution in [2.75, 3.05) is 13.2 Å². The maximum Gasteiger partial charge on any atom is 0.252 e. The summed E-state index contributed by atoms with van der Waals surface area (Å²) >= 11 is 0. The topological polar surface area (TPSA) is 54.1 Å². The lowest BCUT2D eigenvalue weighted by atomic mass is 9.82. The van der Waals surface area contributed by atoms with Crippen molar-refractivity contribution in [3.8, 4) is 0 Å². The van der Waals surface area contributed by atoms with Gasteiger partial charge >= 0.3 is 0 Å². The van der Waals surface area contributed by atoms with E-state index in [0.29, 0.717) is 31.6 Å². The molecule has 2 aromatic carbocycles. The molecule has 0 bridgehead atoms. The van der Waals surface area contributed by atoms with Crippen LogP contribution in [0.1, 0.15) is 28.8 Å². The zero-order chi connectivity index (χ0) is 17.3. The number of fused-ring (bicyclic) bond motifs is 1. The fraction of sp³-hybridized carbons (Fsp3) is 0.250. The van der Waals surface area contributed by atoms with Gasteiger partial charge in [0.1, 0.15) is 5.82 Å². The van der Waals surface area contributed by atoms with Crippen LogP contribution in [0, 0.1) is 5.82 Å². The van der Waals surface area contributed by atoms with Crippen LogP contribution in [0.25, 0.3) is 10.9 Å². The van der Waals surface area contributed by atoms with E-state index in [1.165, 1.54) is 12.1 Å². The third-order valence-corrected chi connectivity index (χ3v) is 4.91. The highest BCUT2D eigenvalue weighted by molar-refractivity contribution is 5.98. The Morgan fingerprint density at radius 1 is 1.08 bits per heavy atom. The number of ether oxygens (including phenoxy) is 1. The lowest BCUT2D eigenvalue weighted by Gasteiger charge is -2.38. The van der Waals surface area contributed by atoms with Crippen LogP contribution in [0.3, 0.4) is 0 Å². The molecule has 0 spiro atoms. The van der Waals surface area contributed by atoms with E-state index < -0.39 is 5.54 Å². The molecular formula is C20H19FN2O2. The van der Waals surface area contributed by atoms with Crippen molar-refractivity contribution in [2.24, 2.45) is 0 Å². The zero-order valence-electron chi connectivity index (χ0n) is 13.7. The SMILES string of the molecule is O=C(NC1(c2ccc(F)cc2)CCOCC1)c1ccc2cc[nH]c2c1. The molecular weight excluding hydrogens is 319 g/mol. The van der Waals surface area contributed by atoms with Gasteiger partial charge in [0.05, 0.1) is 5.54 Å². The molecule has 3 aromatic rings. The average Bonchev–Trinajstić information content (AvgIpc) is 3.10. The number of rotatable bonds is 3. The van der Waals surface area contributed by atoms with Gasteiger partial charge in [0.25, 0.3) is 5.91 Å². The number of benzene rings is 2. The van der Waals surface area contributed by atoms with E-state index in [9.17, 15) is 9.18 Å². The van der Waals surface area contributed by atoms with Crippen molar-refractivity contribution >= 4 is 16.8 Å². The second-order valence-electron chi connectivity index (χ2n) is 6.44. The molecule has 0 radical (unpaired) electrons. The van der Waals surface area contributed by atoms with Crippen molar-refractivity contribution in [1.29, 1.82) is 0 Å². The van der Waals surface area contributed by atoms with Crippen LogP contribution in [-0.4, -0.2) is 24.1 Å². The normalized spacial score (nSPS) is 16.7. The number of carbonyl (C=O) groups is 1. The van der Waals surface area contributed by atoms with Gasteiger partial charge < -0.3 is 15.0 Å². The summed E-state index contributed by atoms with van der Waals surface area (Å²) in [6, 6.07) is 13.9. The molecule has 2 N–H and O–H groups in total. The first kappa shape index (κ1) is 15.8. The largest absolute Gasteiger partial charge is 0.381 e. The van der Waals surface area contributed by atoms with E-state index in [1.807, 2.05) is 30.5 Å². The third-order valence-electron chi connectivity index (χ3n) is 4.91. The van der Waals surface area contributed by atoms with Crippen molar-refractivity contribution in [3.05, 3.63) is 71.7 Å². The van der Waals surface area contributed by atoms with Crippen molar-refractivity contribution in [2.45, 2.75) is 18.4 Å². The van der Waals surface area contributed by atoms with E-state index in [-0.39, 0.29) is 11.7 Å². The second-order valence-corrected chi connectivity index (χ2v) is 6.44. The van der Waals surface area contributed by atoms with Gasteiger partial charge in [0.15, 0.2) is 0 Å². The fourth-order valence-corrected chi connectivity index (χ4v) is 3.45. The minimum Gasteiger partial charge on any atom is -0.381 e. The number of nitrogens with one attached hydrogen (secondary N) is 2. The summed E-state index contributed by atoms with van der Waals surface area (Å²) in [5, 5.41) is 4.25. The first-order valence-corrected chi connectivity index (χ1v) is 8.40. The summed E-state index contributed by atoms with van der Waals surface area (Å²) in [7, 11) is 0. The van der Waals surface area contributed by atoms with Gasteiger partial charge in [-0.2, -0.15) is 0 Å². The van der Waals surface area contributed by atoms with Gasteiger partial charge in [0.2, 0.25) is 0 Å². The molecule has 1 amide bonds. The van der Waals surface area contributed by atoms with E-state index in [1.54, 1.807) is 12.1 Å². The molecule has 1 aliphatic rings. The molecule has 4 nitrogen and oxygen atoms in total. The van der Waals surface area contributed by atoms with Gasteiger partial charge in [-0.3, -0.25) is 4.79 Å². The molecule has 5 heteroatoms. The van der Waals surface area contributed by atoms with Gasteiger partial charge in [-0.05, 0) is 54.1 Å². The summed E-state index contributed by atoms with van der Waals surface area (Å²) in [4.78, 5) is 16.0. The lowest BCUT2D eigenvalue weighted by Crippen LogP contribution is -2.49. The van der Waals surface area contributed by atoms with Crippen molar-refractivity contribution in [1.82, 2.24) is 10.3 Å². The average molecular weight is 338 g/mol. The van der Waals surface area contributed by atoms with Crippen LogP contribution in [-0.2, 0) is 10.3 Å². The van der Waals surface area contributed by atoms with Crippen LogP contribution in [0.4, 0.5) is 4.39 Å². The number of aromatic nitrogens is 1. The first-order chi connectivity index (χ1) is 12.2. The van der Waals surface area contributed by atoms with Gasteiger partial charge in [0, 0.05) is 30.5 Å². The summed E-state index contributed by atoms with van der Waals surface area (Å²) in [5.74, 6) is -0.419. The summed E-state index contributed by atoms with van der Waals surface area (Å²) in [6.07, 6.45) is 3.18.